The van der Waals surface area contributed by atoms with E-state index in [0.29, 0.717) is 48.5 Å². The lowest BCUT2D eigenvalue weighted by molar-refractivity contribution is 0.356. The van der Waals surface area contributed by atoms with Crippen LogP contribution in [0.1, 0.15) is 0 Å². The van der Waals surface area contributed by atoms with Gasteiger partial charge in [-0.25, -0.2) is 23.4 Å². The minimum absolute atomic E-state index is 0.0343. The molecule has 1 fully saturated rings. The van der Waals surface area contributed by atoms with Crippen LogP contribution in [0.25, 0.3) is 21.9 Å². The number of hydrogen-bond acceptors (Lipinski definition) is 10. The lowest BCUT2D eigenvalue weighted by Gasteiger charge is -2.37. The van der Waals surface area contributed by atoms with Crippen LogP contribution in [-0.4, -0.2) is 80.0 Å². The predicted octanol–water partition coefficient (Wildman–Crippen LogP) is 2.94. The highest BCUT2D eigenvalue weighted by Crippen LogP contribution is 2.38. The highest BCUT2D eigenvalue weighted by Gasteiger charge is 2.24. The molecule has 5 rings (SSSR count). The molecule has 2 aromatic carbocycles. The number of rotatable bonds is 9. The van der Waals surface area contributed by atoms with Crippen molar-refractivity contribution in [3.8, 4) is 11.5 Å². The number of benzene rings is 2. The number of fused-ring (bicyclic) bond motifs is 3. The number of methoxy groups -OCH3 is 2. The number of piperazine rings is 1. The third kappa shape index (κ3) is 6.32. The van der Waals surface area contributed by atoms with Gasteiger partial charge in [0.15, 0.2) is 16.6 Å². The van der Waals surface area contributed by atoms with Crippen LogP contribution in [-0.2, 0) is 10.0 Å². The number of sulfonamides is 1. The average Bonchev–Trinajstić information content (AvgIpc) is 3.38. The number of aromatic nitrogens is 3. The number of H-pyrrole nitrogens is 1. The molecule has 0 aliphatic carbocycles. The SMILES string of the molecule is C=C(/N=C\C=C/N)NS(=O)(=O)c1ccc(NC(=S)N2CCN(c3ncnc4[nH]c5cc(OC)c(OC)cc5c34)CC2)cc1. The molecule has 1 saturated heterocycles. The lowest BCUT2D eigenvalue weighted by Crippen LogP contribution is -2.50. The van der Waals surface area contributed by atoms with Crippen LogP contribution in [0.5, 0.6) is 11.5 Å². The number of anilines is 2. The molecule has 1 aliphatic heterocycles. The molecule has 2 aromatic heterocycles. The minimum Gasteiger partial charge on any atom is -0.493 e. The topological polar surface area (TPSA) is 163 Å². The zero-order chi connectivity index (χ0) is 30.6. The average molecular weight is 622 g/mol. The summed E-state index contributed by atoms with van der Waals surface area (Å²) < 4.78 is 38.6. The van der Waals surface area contributed by atoms with E-state index in [1.165, 1.54) is 30.6 Å². The van der Waals surface area contributed by atoms with Gasteiger partial charge in [0, 0.05) is 49.5 Å². The fourth-order valence-corrected chi connectivity index (χ4v) is 6.02. The first-order valence-electron chi connectivity index (χ1n) is 13.2. The predicted molar refractivity (Wildman–Crippen MR) is 172 cm³/mol. The molecule has 15 heteroatoms. The number of nitrogens with two attached hydrogens (primary N) is 1. The number of allylic oxidation sites excluding steroid dienone is 1. The van der Waals surface area contributed by atoms with Gasteiger partial charge in [-0.3, -0.25) is 4.72 Å². The van der Waals surface area contributed by atoms with Crippen molar-refractivity contribution in [3.05, 3.63) is 67.4 Å². The van der Waals surface area contributed by atoms with Gasteiger partial charge < -0.3 is 35.3 Å². The fraction of sp³-hybridized carbons (Fsp3) is 0.214. The van der Waals surface area contributed by atoms with Crippen molar-refractivity contribution in [2.24, 2.45) is 10.7 Å². The molecule has 3 heterocycles. The Bertz CT molecular complexity index is 1830. The molecule has 0 saturated carbocycles. The zero-order valence-corrected chi connectivity index (χ0v) is 25.2. The smallest absolute Gasteiger partial charge is 0.263 e. The van der Waals surface area contributed by atoms with E-state index >= 15 is 0 Å². The first kappa shape index (κ1) is 29.6. The van der Waals surface area contributed by atoms with E-state index in [2.05, 4.69) is 46.4 Å². The first-order chi connectivity index (χ1) is 20.7. The van der Waals surface area contributed by atoms with Crippen LogP contribution in [0.2, 0.25) is 0 Å². The fourth-order valence-electron chi connectivity index (χ4n) is 4.74. The van der Waals surface area contributed by atoms with Crippen molar-refractivity contribution in [1.29, 1.82) is 0 Å². The number of thiocarbonyl (C=S) groups is 1. The third-order valence-electron chi connectivity index (χ3n) is 6.84. The van der Waals surface area contributed by atoms with Crippen LogP contribution >= 0.6 is 12.2 Å². The number of aliphatic imine (C=N–C) groups is 1. The maximum absolute atomic E-state index is 12.6. The maximum atomic E-state index is 12.6. The molecule has 224 valence electrons. The molecule has 0 unspecified atom stereocenters. The van der Waals surface area contributed by atoms with Crippen LogP contribution in [0.4, 0.5) is 11.5 Å². The Morgan fingerprint density at radius 2 is 1.81 bits per heavy atom. The van der Waals surface area contributed by atoms with Crippen LogP contribution in [0, 0.1) is 0 Å². The Kier molecular flexibility index (Phi) is 8.63. The van der Waals surface area contributed by atoms with Gasteiger partial charge in [-0.15, -0.1) is 0 Å². The normalized spacial score (nSPS) is 14.1. The van der Waals surface area contributed by atoms with E-state index in [-0.39, 0.29) is 10.7 Å². The van der Waals surface area contributed by atoms with Crippen LogP contribution < -0.4 is 30.1 Å². The molecule has 4 aromatic rings. The quantitative estimate of drug-likeness (QED) is 0.161. The van der Waals surface area contributed by atoms with Crippen molar-refractivity contribution in [2.45, 2.75) is 4.90 Å². The van der Waals surface area contributed by atoms with Gasteiger partial charge in [-0.1, -0.05) is 6.58 Å². The summed E-state index contributed by atoms with van der Waals surface area (Å²) in [6.45, 7) is 6.28. The molecule has 0 amide bonds. The molecule has 0 spiro atoms. The van der Waals surface area contributed by atoms with Crippen molar-refractivity contribution in [1.82, 2.24) is 24.6 Å². The summed E-state index contributed by atoms with van der Waals surface area (Å²) >= 11 is 5.67. The third-order valence-corrected chi connectivity index (χ3v) is 8.59. The Hall–Kier alpha value is -4.89. The summed E-state index contributed by atoms with van der Waals surface area (Å²) in [6, 6.07) is 10.1. The Morgan fingerprint density at radius 3 is 2.49 bits per heavy atom. The summed E-state index contributed by atoms with van der Waals surface area (Å²) in [6.07, 6.45) is 5.63. The van der Waals surface area contributed by atoms with E-state index < -0.39 is 10.0 Å². The monoisotopic (exact) mass is 621 g/mol. The van der Waals surface area contributed by atoms with E-state index in [0.717, 1.165) is 27.8 Å². The molecule has 43 heavy (non-hydrogen) atoms. The summed E-state index contributed by atoms with van der Waals surface area (Å²) in [5.41, 5.74) is 7.51. The Balaban J connectivity index is 1.24. The highest BCUT2D eigenvalue weighted by molar-refractivity contribution is 7.89. The van der Waals surface area contributed by atoms with E-state index in [9.17, 15) is 8.42 Å². The van der Waals surface area contributed by atoms with Crippen molar-refractivity contribution >= 4 is 67.0 Å². The molecule has 0 atom stereocenters. The zero-order valence-electron chi connectivity index (χ0n) is 23.6. The van der Waals surface area contributed by atoms with Gasteiger partial charge in [0.25, 0.3) is 10.0 Å². The van der Waals surface area contributed by atoms with Crippen molar-refractivity contribution in [3.63, 3.8) is 0 Å². The first-order valence-corrected chi connectivity index (χ1v) is 15.0. The van der Waals surface area contributed by atoms with Crippen LogP contribution in [0.15, 0.2) is 77.3 Å². The van der Waals surface area contributed by atoms with E-state index in [4.69, 9.17) is 27.4 Å². The largest absolute Gasteiger partial charge is 0.493 e. The molecule has 13 nitrogen and oxygen atoms in total. The van der Waals surface area contributed by atoms with Crippen LogP contribution in [0.3, 0.4) is 0 Å². The summed E-state index contributed by atoms with van der Waals surface area (Å²) in [5.74, 6) is 2.06. The van der Waals surface area contributed by atoms with Gasteiger partial charge in [-0.05, 0) is 54.8 Å². The number of hydrogen-bond donors (Lipinski definition) is 4. The Morgan fingerprint density at radius 1 is 1.12 bits per heavy atom. The summed E-state index contributed by atoms with van der Waals surface area (Å²) in [7, 11) is -0.635. The number of ether oxygens (including phenoxy) is 2. The maximum Gasteiger partial charge on any atom is 0.263 e. The van der Waals surface area contributed by atoms with E-state index in [1.54, 1.807) is 32.7 Å². The lowest BCUT2D eigenvalue weighted by atomic mass is 10.1. The number of nitrogens with one attached hydrogen (secondary N) is 3. The molecule has 1 aliphatic rings. The molecule has 5 N–H and O–H groups in total. The second kappa shape index (κ2) is 12.5. The van der Waals surface area contributed by atoms with Gasteiger partial charge >= 0.3 is 0 Å². The standard InChI is InChI=1S/C28H31N9O4S2/c1-18(30-10-4-9-29)35-43(38,39)20-7-5-19(6-8-20)33-28(42)37-13-11-36(12-14-37)27-25-21-15-23(40-2)24(41-3)16-22(21)34-26(25)31-17-32-27/h4-10,15-17,35H,1,11-14,29H2,2-3H3,(H,33,42)(H,31,32,34)/b9-4-,30-10-. The molecular formula is C28H31N9O4S2. The number of aromatic amines is 1. The highest BCUT2D eigenvalue weighted by atomic mass is 32.2. The van der Waals surface area contributed by atoms with Crippen molar-refractivity contribution < 1.29 is 17.9 Å². The van der Waals surface area contributed by atoms with Crippen molar-refractivity contribution in [2.75, 3.05) is 50.6 Å². The minimum atomic E-state index is -3.85. The van der Waals surface area contributed by atoms with Gasteiger partial charge in [0.05, 0.1) is 30.0 Å². The summed E-state index contributed by atoms with van der Waals surface area (Å²) in [4.78, 5) is 20.6. The second-order valence-electron chi connectivity index (χ2n) is 9.44. The second-order valence-corrected chi connectivity index (χ2v) is 11.5. The van der Waals surface area contributed by atoms with E-state index in [1.807, 2.05) is 12.1 Å². The van der Waals surface area contributed by atoms with Gasteiger partial charge in [0.1, 0.15) is 23.6 Å². The van der Waals surface area contributed by atoms with Gasteiger partial charge in [-0.2, -0.15) is 0 Å². The molecular weight excluding hydrogens is 591 g/mol. The molecule has 0 radical (unpaired) electrons. The Labute approximate surface area is 254 Å². The van der Waals surface area contributed by atoms with Gasteiger partial charge in [0.2, 0.25) is 0 Å². The molecule has 0 bridgehead atoms. The number of nitrogens with zero attached hydrogens (tertiary/aromatic N) is 5. The summed E-state index contributed by atoms with van der Waals surface area (Å²) in [5, 5.41) is 5.61.